The molecule has 0 aliphatic heterocycles. The minimum atomic E-state index is -1.23. The maximum atomic E-state index is 13.4. The molecule has 4 aliphatic carbocycles. The van der Waals surface area contributed by atoms with Crippen LogP contribution in [0.1, 0.15) is 92.4 Å². The number of esters is 3. The van der Waals surface area contributed by atoms with Crippen molar-refractivity contribution in [2.24, 2.45) is 34.5 Å². The first-order valence-corrected chi connectivity index (χ1v) is 13.0. The number of ether oxygens (including phenoxy) is 3. The van der Waals surface area contributed by atoms with Crippen molar-refractivity contribution in [1.82, 2.24) is 0 Å². The molecule has 4 rings (SSSR count). The molecule has 4 saturated carbocycles. The lowest BCUT2D eigenvalue weighted by Gasteiger charge is -2.61. The standard InChI is InChI=1S/C27H40O7/c1-16(28)32-15-24(31)27(34-18(3)30)13-10-23-21-7-6-19-14-20(33-17(2)29)8-11-25(19,4)22(21)9-12-26(23,27)5/h19-23H,6-15H2,1-5H3/t19?,20?,21?,22?,23?,25-,26-,27-/m0/s1. The fourth-order valence-corrected chi connectivity index (χ4v) is 8.77. The Morgan fingerprint density at radius 3 is 2.15 bits per heavy atom. The van der Waals surface area contributed by atoms with E-state index in [-0.39, 0.29) is 35.8 Å². The molecule has 0 aromatic heterocycles. The van der Waals surface area contributed by atoms with E-state index in [4.69, 9.17) is 14.2 Å². The van der Waals surface area contributed by atoms with Crippen molar-refractivity contribution >= 4 is 23.7 Å². The third-order valence-electron chi connectivity index (χ3n) is 10.2. The minimum absolute atomic E-state index is 0.0305. The van der Waals surface area contributed by atoms with Crippen LogP contribution in [0.15, 0.2) is 0 Å². The van der Waals surface area contributed by atoms with Crippen molar-refractivity contribution in [3.8, 4) is 0 Å². The van der Waals surface area contributed by atoms with E-state index in [0.29, 0.717) is 24.2 Å². The molecule has 0 radical (unpaired) electrons. The molecule has 0 saturated heterocycles. The molecule has 0 heterocycles. The largest absolute Gasteiger partial charge is 0.463 e. The van der Waals surface area contributed by atoms with Crippen LogP contribution in [0.2, 0.25) is 0 Å². The number of rotatable bonds is 5. The van der Waals surface area contributed by atoms with Crippen LogP contribution < -0.4 is 0 Å². The normalized spacial score (nSPS) is 43.0. The second-order valence-electron chi connectivity index (χ2n) is 11.8. The summed E-state index contributed by atoms with van der Waals surface area (Å²) in [6, 6.07) is 0. The van der Waals surface area contributed by atoms with E-state index in [1.54, 1.807) is 0 Å². The zero-order valence-corrected chi connectivity index (χ0v) is 21.3. The molecule has 7 nitrogen and oxygen atoms in total. The molecule has 190 valence electrons. The van der Waals surface area contributed by atoms with Crippen LogP contribution in [0.25, 0.3) is 0 Å². The summed E-state index contributed by atoms with van der Waals surface area (Å²) in [5.41, 5.74) is -1.49. The molecule has 4 fully saturated rings. The number of ketones is 1. The summed E-state index contributed by atoms with van der Waals surface area (Å²) in [5, 5.41) is 0. The van der Waals surface area contributed by atoms with E-state index >= 15 is 0 Å². The second-order valence-corrected chi connectivity index (χ2v) is 11.8. The average Bonchev–Trinajstić information content (AvgIpc) is 3.04. The quantitative estimate of drug-likeness (QED) is 0.429. The van der Waals surface area contributed by atoms with Gasteiger partial charge in [0.15, 0.2) is 12.2 Å². The van der Waals surface area contributed by atoms with E-state index < -0.39 is 23.0 Å². The Morgan fingerprint density at radius 2 is 1.50 bits per heavy atom. The number of carbonyl (C=O) groups is 4. The van der Waals surface area contributed by atoms with Gasteiger partial charge in [0.1, 0.15) is 6.10 Å². The van der Waals surface area contributed by atoms with E-state index in [1.807, 2.05) is 0 Å². The van der Waals surface area contributed by atoms with Crippen LogP contribution in [0, 0.1) is 34.5 Å². The number of hydrogen-bond acceptors (Lipinski definition) is 7. The summed E-state index contributed by atoms with van der Waals surface area (Å²) in [4.78, 5) is 48.5. The SMILES string of the molecule is CC(=O)OCC(=O)[C@@]1(OC(C)=O)CCC2C3CCC4CC(OC(C)=O)CC[C@]4(C)C3CC[C@@]21C. The fraction of sp³-hybridized carbons (Fsp3) is 0.852. The predicted octanol–water partition coefficient (Wildman–Crippen LogP) is 4.39. The van der Waals surface area contributed by atoms with Crippen LogP contribution in [-0.4, -0.2) is 42.0 Å². The highest BCUT2D eigenvalue weighted by Gasteiger charge is 2.69. The van der Waals surface area contributed by atoms with Gasteiger partial charge in [-0.15, -0.1) is 0 Å². The molecular weight excluding hydrogens is 436 g/mol. The summed E-state index contributed by atoms with van der Waals surface area (Å²) in [6.07, 6.45) is 8.27. The molecule has 7 heteroatoms. The molecule has 0 aromatic carbocycles. The Kier molecular flexibility index (Phi) is 6.62. The predicted molar refractivity (Wildman–Crippen MR) is 123 cm³/mol. The van der Waals surface area contributed by atoms with E-state index in [2.05, 4.69) is 13.8 Å². The van der Waals surface area contributed by atoms with Crippen LogP contribution in [0.3, 0.4) is 0 Å². The lowest BCUT2D eigenvalue weighted by atomic mass is 9.44. The van der Waals surface area contributed by atoms with Gasteiger partial charge in [0, 0.05) is 26.2 Å². The summed E-state index contributed by atoms with van der Waals surface area (Å²) < 4.78 is 16.5. The molecule has 0 spiro atoms. The molecular formula is C27H40O7. The summed E-state index contributed by atoms with van der Waals surface area (Å²) in [5.74, 6) is 0.413. The summed E-state index contributed by atoms with van der Waals surface area (Å²) >= 11 is 0. The Bertz CT molecular complexity index is 867. The van der Waals surface area contributed by atoms with Crippen molar-refractivity contribution < 1.29 is 33.4 Å². The van der Waals surface area contributed by atoms with Crippen LogP contribution >= 0.6 is 0 Å². The highest BCUT2D eigenvalue weighted by atomic mass is 16.6. The maximum absolute atomic E-state index is 13.4. The van der Waals surface area contributed by atoms with Gasteiger partial charge in [-0.1, -0.05) is 13.8 Å². The van der Waals surface area contributed by atoms with Crippen LogP contribution in [-0.2, 0) is 33.4 Å². The maximum Gasteiger partial charge on any atom is 0.303 e. The van der Waals surface area contributed by atoms with Gasteiger partial charge in [0.25, 0.3) is 0 Å². The fourth-order valence-electron chi connectivity index (χ4n) is 8.77. The molecule has 0 bridgehead atoms. The Balaban J connectivity index is 1.58. The molecule has 0 aromatic rings. The lowest BCUT2D eigenvalue weighted by molar-refractivity contribution is -0.196. The smallest absolute Gasteiger partial charge is 0.303 e. The first-order chi connectivity index (χ1) is 15.9. The lowest BCUT2D eigenvalue weighted by Crippen LogP contribution is -2.60. The molecule has 4 aliphatic rings. The zero-order chi connectivity index (χ0) is 24.9. The van der Waals surface area contributed by atoms with Gasteiger partial charge in [0.05, 0.1) is 0 Å². The van der Waals surface area contributed by atoms with Gasteiger partial charge in [-0.3, -0.25) is 19.2 Å². The van der Waals surface area contributed by atoms with E-state index in [0.717, 1.165) is 51.4 Å². The Morgan fingerprint density at radius 1 is 0.794 bits per heavy atom. The van der Waals surface area contributed by atoms with Gasteiger partial charge in [-0.25, -0.2) is 0 Å². The summed E-state index contributed by atoms with van der Waals surface area (Å²) in [6.45, 7) is 8.34. The van der Waals surface area contributed by atoms with Crippen molar-refractivity contribution in [1.29, 1.82) is 0 Å². The first-order valence-electron chi connectivity index (χ1n) is 13.0. The van der Waals surface area contributed by atoms with Gasteiger partial charge < -0.3 is 14.2 Å². The molecule has 0 N–H and O–H groups in total. The molecule has 8 atom stereocenters. The number of hydrogen-bond donors (Lipinski definition) is 0. The first kappa shape index (κ1) is 25.2. The van der Waals surface area contributed by atoms with Crippen molar-refractivity contribution in [2.75, 3.05) is 6.61 Å². The highest BCUT2D eigenvalue weighted by Crippen LogP contribution is 2.69. The average molecular weight is 477 g/mol. The molecule has 5 unspecified atom stereocenters. The molecule has 0 amide bonds. The number of fused-ring (bicyclic) bond motifs is 5. The monoisotopic (exact) mass is 476 g/mol. The van der Waals surface area contributed by atoms with E-state index in [1.165, 1.54) is 20.8 Å². The van der Waals surface area contributed by atoms with Crippen molar-refractivity contribution in [3.05, 3.63) is 0 Å². The zero-order valence-electron chi connectivity index (χ0n) is 21.3. The van der Waals surface area contributed by atoms with Gasteiger partial charge in [0.2, 0.25) is 5.78 Å². The summed E-state index contributed by atoms with van der Waals surface area (Å²) in [7, 11) is 0. The van der Waals surface area contributed by atoms with Crippen LogP contribution in [0.5, 0.6) is 0 Å². The minimum Gasteiger partial charge on any atom is -0.463 e. The van der Waals surface area contributed by atoms with Crippen LogP contribution in [0.4, 0.5) is 0 Å². The Labute approximate surface area is 202 Å². The second kappa shape index (κ2) is 8.94. The van der Waals surface area contributed by atoms with Gasteiger partial charge >= 0.3 is 17.9 Å². The third kappa shape index (κ3) is 3.97. The number of carbonyl (C=O) groups excluding carboxylic acids is 4. The van der Waals surface area contributed by atoms with Gasteiger partial charge in [-0.05, 0) is 86.9 Å². The highest BCUT2D eigenvalue weighted by molar-refractivity contribution is 5.93. The molecule has 34 heavy (non-hydrogen) atoms. The topological polar surface area (TPSA) is 96.0 Å². The van der Waals surface area contributed by atoms with Crippen molar-refractivity contribution in [2.45, 2.75) is 104 Å². The third-order valence-corrected chi connectivity index (χ3v) is 10.2. The number of Topliss-reactive ketones (excluding diaryl/α,β-unsaturated/α-hetero) is 1. The van der Waals surface area contributed by atoms with E-state index in [9.17, 15) is 19.2 Å². The van der Waals surface area contributed by atoms with Crippen molar-refractivity contribution in [3.63, 3.8) is 0 Å². The Hall–Kier alpha value is -1.92. The van der Waals surface area contributed by atoms with Gasteiger partial charge in [-0.2, -0.15) is 0 Å².